The molecule has 2 rings (SSSR count). The Hall–Kier alpha value is -2.04. The van der Waals surface area contributed by atoms with Crippen LogP contribution in [0.1, 0.15) is 50.3 Å². The van der Waals surface area contributed by atoms with E-state index >= 15 is 0 Å². The third kappa shape index (κ3) is 7.03. The van der Waals surface area contributed by atoms with Gasteiger partial charge in [0.2, 0.25) is 11.8 Å². The number of rotatable bonds is 9. The van der Waals surface area contributed by atoms with Crippen molar-refractivity contribution in [1.29, 1.82) is 0 Å². The number of carbonyl (C=O) groups is 2. The lowest BCUT2D eigenvalue weighted by Crippen LogP contribution is -2.50. The zero-order chi connectivity index (χ0) is 22.3. The molecule has 6 heteroatoms. The minimum Gasteiger partial charge on any atom is -0.352 e. The van der Waals surface area contributed by atoms with Crippen LogP contribution in [-0.2, 0) is 22.6 Å². The zero-order valence-corrected chi connectivity index (χ0v) is 19.6. The molecule has 4 nitrogen and oxygen atoms in total. The van der Waals surface area contributed by atoms with Crippen molar-refractivity contribution >= 4 is 35.0 Å². The molecule has 162 valence electrons. The van der Waals surface area contributed by atoms with Crippen LogP contribution in [0.4, 0.5) is 0 Å². The first-order valence-corrected chi connectivity index (χ1v) is 11.1. The fourth-order valence-corrected chi connectivity index (χ4v) is 3.75. The number of nitrogens with one attached hydrogen (secondary N) is 1. The van der Waals surface area contributed by atoms with E-state index in [0.29, 0.717) is 29.3 Å². The van der Waals surface area contributed by atoms with Crippen LogP contribution in [0.15, 0.2) is 42.5 Å². The fourth-order valence-electron chi connectivity index (χ4n) is 3.28. The maximum atomic E-state index is 13.2. The topological polar surface area (TPSA) is 49.4 Å². The van der Waals surface area contributed by atoms with E-state index in [2.05, 4.69) is 5.32 Å². The number of benzene rings is 2. The van der Waals surface area contributed by atoms with Crippen LogP contribution < -0.4 is 5.32 Å². The monoisotopic (exact) mass is 448 g/mol. The van der Waals surface area contributed by atoms with Gasteiger partial charge in [-0.3, -0.25) is 9.59 Å². The number of halogens is 2. The molecule has 1 N–H and O–H groups in total. The molecule has 0 aliphatic heterocycles. The van der Waals surface area contributed by atoms with E-state index in [0.717, 1.165) is 11.1 Å². The molecule has 1 atom stereocenters. The van der Waals surface area contributed by atoms with E-state index in [4.69, 9.17) is 23.2 Å². The van der Waals surface area contributed by atoms with Crippen molar-refractivity contribution in [2.24, 2.45) is 0 Å². The molecule has 0 radical (unpaired) electrons. The Bertz CT molecular complexity index is 866. The predicted molar refractivity (Wildman–Crippen MR) is 124 cm³/mol. The summed E-state index contributed by atoms with van der Waals surface area (Å²) in [5, 5.41) is 3.95. The third-order valence-electron chi connectivity index (χ3n) is 4.92. The molecular weight excluding hydrogens is 419 g/mol. The van der Waals surface area contributed by atoms with Crippen LogP contribution in [0.2, 0.25) is 10.0 Å². The summed E-state index contributed by atoms with van der Waals surface area (Å²) in [6, 6.07) is 12.8. The number of hydrogen-bond donors (Lipinski definition) is 1. The van der Waals surface area contributed by atoms with Crippen molar-refractivity contribution in [2.75, 3.05) is 0 Å². The molecule has 0 saturated heterocycles. The second-order valence-electron chi connectivity index (χ2n) is 7.83. The highest BCUT2D eigenvalue weighted by Gasteiger charge is 2.29. The number of amides is 2. The maximum Gasteiger partial charge on any atom is 0.243 e. The molecule has 0 aliphatic carbocycles. The fraction of sp³-hybridized carbons (Fsp3) is 0.417. The van der Waals surface area contributed by atoms with Gasteiger partial charge in [0, 0.05) is 29.1 Å². The standard InChI is InChI=1S/C24H30Cl2N2O2/c1-5-22(24(30)27-16(2)3)28(15-19-11-12-20(25)14-21(19)26)23(29)13-10-18-8-6-17(4)7-9-18/h6-9,11-12,14,16,22H,5,10,13,15H2,1-4H3,(H,27,30)/t22-/m0/s1. The van der Waals surface area contributed by atoms with Crippen LogP contribution in [-0.4, -0.2) is 28.8 Å². The van der Waals surface area contributed by atoms with Gasteiger partial charge in [0.1, 0.15) is 6.04 Å². The molecule has 0 aliphatic rings. The van der Waals surface area contributed by atoms with Gasteiger partial charge in [-0.05, 0) is 56.9 Å². The molecular formula is C24H30Cl2N2O2. The SMILES string of the molecule is CC[C@@H](C(=O)NC(C)C)N(Cc1ccc(Cl)cc1Cl)C(=O)CCc1ccc(C)cc1. The van der Waals surface area contributed by atoms with E-state index in [1.807, 2.05) is 52.0 Å². The smallest absolute Gasteiger partial charge is 0.243 e. The van der Waals surface area contributed by atoms with Gasteiger partial charge in [-0.2, -0.15) is 0 Å². The molecule has 2 aromatic rings. The normalized spacial score (nSPS) is 12.0. The van der Waals surface area contributed by atoms with E-state index in [1.54, 1.807) is 23.1 Å². The van der Waals surface area contributed by atoms with E-state index < -0.39 is 6.04 Å². The average molecular weight is 449 g/mol. The van der Waals surface area contributed by atoms with Crippen LogP contribution in [0.5, 0.6) is 0 Å². The van der Waals surface area contributed by atoms with Gasteiger partial charge in [0.05, 0.1) is 0 Å². The number of nitrogens with zero attached hydrogens (tertiary/aromatic N) is 1. The maximum absolute atomic E-state index is 13.2. The Morgan fingerprint density at radius 2 is 1.73 bits per heavy atom. The van der Waals surface area contributed by atoms with Crippen LogP contribution in [0, 0.1) is 6.92 Å². The molecule has 0 aromatic heterocycles. The minimum atomic E-state index is -0.565. The molecule has 0 heterocycles. The minimum absolute atomic E-state index is 0.00446. The van der Waals surface area contributed by atoms with Gasteiger partial charge in [-0.15, -0.1) is 0 Å². The number of carbonyl (C=O) groups excluding carboxylic acids is 2. The van der Waals surface area contributed by atoms with Gasteiger partial charge < -0.3 is 10.2 Å². The average Bonchev–Trinajstić information content (AvgIpc) is 2.68. The highest BCUT2D eigenvalue weighted by molar-refractivity contribution is 6.35. The molecule has 2 amide bonds. The van der Waals surface area contributed by atoms with Gasteiger partial charge in [-0.1, -0.05) is 66.0 Å². The van der Waals surface area contributed by atoms with Gasteiger partial charge in [-0.25, -0.2) is 0 Å². The summed E-state index contributed by atoms with van der Waals surface area (Å²) in [6.45, 7) is 8.02. The second-order valence-corrected chi connectivity index (χ2v) is 8.67. The molecule has 30 heavy (non-hydrogen) atoms. The number of aryl methyl sites for hydroxylation is 2. The Morgan fingerprint density at radius 1 is 1.07 bits per heavy atom. The Morgan fingerprint density at radius 3 is 2.30 bits per heavy atom. The van der Waals surface area contributed by atoms with Gasteiger partial charge in [0.15, 0.2) is 0 Å². The predicted octanol–water partition coefficient (Wildman–Crippen LogP) is 5.57. The first kappa shape index (κ1) is 24.2. The summed E-state index contributed by atoms with van der Waals surface area (Å²) in [5.41, 5.74) is 3.04. The first-order valence-electron chi connectivity index (χ1n) is 10.3. The lowest BCUT2D eigenvalue weighted by Gasteiger charge is -2.31. The van der Waals surface area contributed by atoms with Crippen molar-refractivity contribution < 1.29 is 9.59 Å². The van der Waals surface area contributed by atoms with Crippen LogP contribution in [0.3, 0.4) is 0 Å². The van der Waals surface area contributed by atoms with Gasteiger partial charge in [0.25, 0.3) is 0 Å². The van der Waals surface area contributed by atoms with E-state index in [-0.39, 0.29) is 24.4 Å². The van der Waals surface area contributed by atoms with Crippen molar-refractivity contribution in [3.63, 3.8) is 0 Å². The summed E-state index contributed by atoms with van der Waals surface area (Å²) in [4.78, 5) is 27.7. The summed E-state index contributed by atoms with van der Waals surface area (Å²) in [7, 11) is 0. The van der Waals surface area contributed by atoms with Gasteiger partial charge >= 0.3 is 0 Å². The second kappa shape index (κ2) is 11.4. The lowest BCUT2D eigenvalue weighted by atomic mass is 10.0. The molecule has 0 unspecified atom stereocenters. The largest absolute Gasteiger partial charge is 0.352 e. The van der Waals surface area contributed by atoms with E-state index in [9.17, 15) is 9.59 Å². The highest BCUT2D eigenvalue weighted by Crippen LogP contribution is 2.24. The molecule has 0 spiro atoms. The van der Waals surface area contributed by atoms with Crippen molar-refractivity contribution in [1.82, 2.24) is 10.2 Å². The summed E-state index contributed by atoms with van der Waals surface area (Å²) in [6.07, 6.45) is 1.45. The van der Waals surface area contributed by atoms with E-state index in [1.165, 1.54) is 5.56 Å². The Labute approximate surface area is 189 Å². The van der Waals surface area contributed by atoms with Crippen molar-refractivity contribution in [3.8, 4) is 0 Å². The Kier molecular flexibility index (Phi) is 9.19. The number of hydrogen-bond acceptors (Lipinski definition) is 2. The zero-order valence-electron chi connectivity index (χ0n) is 18.0. The van der Waals surface area contributed by atoms with Crippen LogP contribution >= 0.6 is 23.2 Å². The third-order valence-corrected chi connectivity index (χ3v) is 5.51. The highest BCUT2D eigenvalue weighted by atomic mass is 35.5. The summed E-state index contributed by atoms with van der Waals surface area (Å²) >= 11 is 12.4. The lowest BCUT2D eigenvalue weighted by molar-refractivity contribution is -0.141. The molecule has 2 aromatic carbocycles. The van der Waals surface area contributed by atoms with Crippen molar-refractivity contribution in [3.05, 3.63) is 69.2 Å². The summed E-state index contributed by atoms with van der Waals surface area (Å²) < 4.78 is 0. The quantitative estimate of drug-likeness (QED) is 0.545. The van der Waals surface area contributed by atoms with Crippen LogP contribution in [0.25, 0.3) is 0 Å². The summed E-state index contributed by atoms with van der Waals surface area (Å²) in [5.74, 6) is -0.228. The molecule has 0 saturated carbocycles. The molecule has 0 fully saturated rings. The van der Waals surface area contributed by atoms with Crippen molar-refractivity contribution in [2.45, 2.75) is 65.6 Å². The Balaban J connectivity index is 2.24. The molecule has 0 bridgehead atoms. The first-order chi connectivity index (χ1) is 14.2.